The first-order valence-corrected chi connectivity index (χ1v) is 7.39. The molecule has 2 heterocycles. The van der Waals surface area contributed by atoms with Crippen molar-refractivity contribution in [2.75, 3.05) is 19.5 Å². The number of aromatic nitrogens is 4. The Kier molecular flexibility index (Phi) is 5.06. The second kappa shape index (κ2) is 6.78. The van der Waals surface area contributed by atoms with Gasteiger partial charge in [-0.2, -0.15) is 4.37 Å². The van der Waals surface area contributed by atoms with Crippen LogP contribution in [0.3, 0.4) is 0 Å². The molecule has 0 aliphatic heterocycles. The fourth-order valence-corrected chi connectivity index (χ4v) is 3.03. The van der Waals surface area contributed by atoms with Crippen molar-refractivity contribution in [1.29, 1.82) is 0 Å². The number of aryl methyl sites for hydroxylation is 1. The quantitative estimate of drug-likeness (QED) is 0.820. The topological polar surface area (TPSA) is 72.8 Å². The molecule has 102 valence electrons. The first kappa shape index (κ1) is 14.2. The van der Waals surface area contributed by atoms with Crippen molar-refractivity contribution in [3.05, 3.63) is 17.7 Å². The Morgan fingerprint density at radius 2 is 2.16 bits per heavy atom. The highest BCUT2D eigenvalue weighted by Gasteiger charge is 2.09. The van der Waals surface area contributed by atoms with Crippen LogP contribution in [0.4, 0.5) is 5.82 Å². The summed E-state index contributed by atoms with van der Waals surface area (Å²) in [5.41, 5.74) is 0. The number of rotatable bonds is 6. The van der Waals surface area contributed by atoms with Crippen LogP contribution in [0.25, 0.3) is 0 Å². The molecular formula is C11H15N5OS2. The fourth-order valence-electron chi connectivity index (χ4n) is 1.36. The molecule has 2 aromatic heterocycles. The van der Waals surface area contributed by atoms with E-state index in [1.807, 2.05) is 20.0 Å². The summed E-state index contributed by atoms with van der Waals surface area (Å²) in [7, 11) is 3.45. The van der Waals surface area contributed by atoms with Gasteiger partial charge in [-0.25, -0.2) is 15.0 Å². The summed E-state index contributed by atoms with van der Waals surface area (Å²) < 4.78 is 10.2. The van der Waals surface area contributed by atoms with Gasteiger partial charge in [0.2, 0.25) is 0 Å². The number of nitrogens with zero attached hydrogens (tertiary/aromatic N) is 4. The molecule has 0 aromatic carbocycles. The van der Waals surface area contributed by atoms with E-state index in [0.29, 0.717) is 12.4 Å². The van der Waals surface area contributed by atoms with E-state index in [4.69, 9.17) is 4.74 Å². The largest absolute Gasteiger partial charge is 0.377 e. The molecule has 0 aliphatic carbocycles. The average Bonchev–Trinajstić information content (AvgIpc) is 2.86. The van der Waals surface area contributed by atoms with Gasteiger partial charge in [-0.05, 0) is 23.3 Å². The van der Waals surface area contributed by atoms with E-state index >= 15 is 0 Å². The molecule has 0 spiro atoms. The van der Waals surface area contributed by atoms with Crippen LogP contribution in [0.1, 0.15) is 18.6 Å². The summed E-state index contributed by atoms with van der Waals surface area (Å²) in [5, 5.41) is 3.85. The number of nitrogens with one attached hydrogen (secondary N) is 1. The van der Waals surface area contributed by atoms with Crippen LogP contribution < -0.4 is 5.32 Å². The molecule has 2 aromatic rings. The van der Waals surface area contributed by atoms with Crippen LogP contribution in [-0.2, 0) is 17.8 Å². The first-order chi connectivity index (χ1) is 9.25. The maximum atomic E-state index is 5.07. The van der Waals surface area contributed by atoms with Crippen LogP contribution >= 0.6 is 23.3 Å². The van der Waals surface area contributed by atoms with Gasteiger partial charge in [0.1, 0.15) is 23.3 Å². The Hall–Kier alpha value is -1.25. The molecule has 0 atom stereocenters. The zero-order chi connectivity index (χ0) is 13.7. The Balaban J connectivity index is 2.20. The molecule has 0 unspecified atom stereocenters. The van der Waals surface area contributed by atoms with Crippen LogP contribution in [0.2, 0.25) is 0 Å². The summed E-state index contributed by atoms with van der Waals surface area (Å²) in [4.78, 5) is 13.2. The smallest absolute Gasteiger partial charge is 0.176 e. The van der Waals surface area contributed by atoms with Crippen molar-refractivity contribution in [1.82, 2.24) is 19.3 Å². The van der Waals surface area contributed by atoms with Crippen molar-refractivity contribution >= 4 is 29.1 Å². The standard InChI is InChI=1S/C11H15N5OS2/c1-4-7-15-11(19-16-7)18-10-5-8(12-2)13-9(14-10)6-17-3/h5H,4,6H2,1-3H3,(H,12,13,14). The van der Waals surface area contributed by atoms with Gasteiger partial charge < -0.3 is 10.1 Å². The average molecular weight is 297 g/mol. The molecule has 0 saturated heterocycles. The van der Waals surface area contributed by atoms with E-state index in [1.165, 1.54) is 23.3 Å². The minimum absolute atomic E-state index is 0.388. The highest BCUT2D eigenvalue weighted by Crippen LogP contribution is 2.28. The molecule has 0 amide bonds. The van der Waals surface area contributed by atoms with E-state index in [1.54, 1.807) is 7.11 Å². The number of anilines is 1. The lowest BCUT2D eigenvalue weighted by molar-refractivity contribution is 0.177. The third-order valence-corrected chi connectivity index (χ3v) is 3.94. The lowest BCUT2D eigenvalue weighted by Crippen LogP contribution is -2.02. The van der Waals surface area contributed by atoms with Crippen molar-refractivity contribution in [3.63, 3.8) is 0 Å². The molecule has 0 radical (unpaired) electrons. The lowest BCUT2D eigenvalue weighted by Gasteiger charge is -2.05. The molecule has 6 nitrogen and oxygen atoms in total. The highest BCUT2D eigenvalue weighted by molar-refractivity contribution is 8.00. The Morgan fingerprint density at radius 1 is 1.32 bits per heavy atom. The van der Waals surface area contributed by atoms with E-state index in [9.17, 15) is 0 Å². The molecule has 0 fully saturated rings. The molecule has 0 saturated carbocycles. The van der Waals surface area contributed by atoms with Gasteiger partial charge in [-0.15, -0.1) is 0 Å². The van der Waals surface area contributed by atoms with Gasteiger partial charge in [-0.1, -0.05) is 6.92 Å². The van der Waals surface area contributed by atoms with Gasteiger partial charge in [0.25, 0.3) is 0 Å². The van der Waals surface area contributed by atoms with Crippen LogP contribution in [0.15, 0.2) is 15.4 Å². The Bertz CT molecular complexity index is 546. The van der Waals surface area contributed by atoms with Gasteiger partial charge in [-0.3, -0.25) is 0 Å². The summed E-state index contributed by atoms with van der Waals surface area (Å²) in [6, 6.07) is 1.89. The summed E-state index contributed by atoms with van der Waals surface area (Å²) in [5.74, 6) is 2.29. The van der Waals surface area contributed by atoms with Crippen molar-refractivity contribution < 1.29 is 4.74 Å². The number of hydrogen-bond donors (Lipinski definition) is 1. The number of hydrogen-bond acceptors (Lipinski definition) is 8. The fraction of sp³-hybridized carbons (Fsp3) is 0.455. The molecule has 2 rings (SSSR count). The maximum absolute atomic E-state index is 5.07. The molecule has 0 bridgehead atoms. The third kappa shape index (κ3) is 3.85. The van der Waals surface area contributed by atoms with Gasteiger partial charge >= 0.3 is 0 Å². The normalized spacial score (nSPS) is 10.7. The predicted octanol–water partition coefficient (Wildman–Crippen LogP) is 2.23. The van der Waals surface area contributed by atoms with E-state index in [0.717, 1.165) is 27.4 Å². The van der Waals surface area contributed by atoms with Crippen LogP contribution in [-0.4, -0.2) is 33.5 Å². The van der Waals surface area contributed by atoms with E-state index < -0.39 is 0 Å². The SMILES string of the molecule is CCc1nsc(Sc2cc(NC)nc(COC)n2)n1. The lowest BCUT2D eigenvalue weighted by atomic mass is 10.5. The number of ether oxygens (including phenoxy) is 1. The second-order valence-corrected chi connectivity index (χ2v) is 5.64. The summed E-state index contributed by atoms with van der Waals surface area (Å²) in [6.45, 7) is 2.43. The third-order valence-electron chi connectivity index (χ3n) is 2.24. The molecular weight excluding hydrogens is 282 g/mol. The minimum Gasteiger partial charge on any atom is -0.377 e. The van der Waals surface area contributed by atoms with Crippen LogP contribution in [0.5, 0.6) is 0 Å². The monoisotopic (exact) mass is 297 g/mol. The Morgan fingerprint density at radius 3 is 2.79 bits per heavy atom. The highest BCUT2D eigenvalue weighted by atomic mass is 32.2. The number of methoxy groups -OCH3 is 1. The first-order valence-electron chi connectivity index (χ1n) is 5.80. The molecule has 1 N–H and O–H groups in total. The molecule has 8 heteroatoms. The zero-order valence-corrected chi connectivity index (χ0v) is 12.6. The van der Waals surface area contributed by atoms with Gasteiger partial charge in [0, 0.05) is 26.6 Å². The zero-order valence-electron chi connectivity index (χ0n) is 11.0. The van der Waals surface area contributed by atoms with Crippen molar-refractivity contribution in [2.45, 2.75) is 29.3 Å². The summed E-state index contributed by atoms with van der Waals surface area (Å²) in [6.07, 6.45) is 0.845. The van der Waals surface area contributed by atoms with E-state index in [-0.39, 0.29) is 0 Å². The van der Waals surface area contributed by atoms with Gasteiger partial charge in [0.05, 0.1) is 0 Å². The maximum Gasteiger partial charge on any atom is 0.176 e. The predicted molar refractivity (Wildman–Crippen MR) is 75.7 cm³/mol. The second-order valence-electron chi connectivity index (χ2n) is 3.62. The van der Waals surface area contributed by atoms with Crippen LogP contribution in [0, 0.1) is 0 Å². The molecule has 0 aliphatic rings. The molecule has 19 heavy (non-hydrogen) atoms. The van der Waals surface area contributed by atoms with E-state index in [2.05, 4.69) is 24.6 Å². The minimum atomic E-state index is 0.388. The van der Waals surface area contributed by atoms with Gasteiger partial charge in [0.15, 0.2) is 10.2 Å². The Labute approximate surface area is 120 Å². The van der Waals surface area contributed by atoms with Crippen molar-refractivity contribution in [3.8, 4) is 0 Å². The van der Waals surface area contributed by atoms with Crippen molar-refractivity contribution in [2.24, 2.45) is 0 Å². The summed E-state index contributed by atoms with van der Waals surface area (Å²) >= 11 is 2.88.